The number of thiophene rings is 1. The maximum atomic E-state index is 13.1. The zero-order valence-corrected chi connectivity index (χ0v) is 10.9. The summed E-state index contributed by atoms with van der Waals surface area (Å²) in [6.45, 7) is 0.238. The number of nitrogens with two attached hydrogens (primary N) is 1. The summed E-state index contributed by atoms with van der Waals surface area (Å²) < 4.78 is 13.1. The van der Waals surface area contributed by atoms with E-state index in [4.69, 9.17) is 5.73 Å². The molecule has 1 aromatic heterocycles. The van der Waals surface area contributed by atoms with Gasteiger partial charge >= 0.3 is 0 Å². The highest BCUT2D eigenvalue weighted by Crippen LogP contribution is 2.26. The molecule has 8 heteroatoms. The minimum Gasteiger partial charge on any atom is -0.375 e. The van der Waals surface area contributed by atoms with Crippen molar-refractivity contribution in [1.82, 2.24) is 0 Å². The summed E-state index contributed by atoms with van der Waals surface area (Å²) in [5, 5.41) is 15.2. The van der Waals surface area contributed by atoms with Crippen molar-refractivity contribution in [3.05, 3.63) is 56.0 Å². The van der Waals surface area contributed by atoms with Crippen molar-refractivity contribution in [2.75, 3.05) is 5.32 Å². The second kappa shape index (κ2) is 5.66. The molecule has 1 aromatic carbocycles. The van der Waals surface area contributed by atoms with Gasteiger partial charge in [0.2, 0.25) is 5.91 Å². The summed E-state index contributed by atoms with van der Waals surface area (Å²) in [4.78, 5) is 21.9. The maximum Gasteiger partial charge on any atom is 0.292 e. The Morgan fingerprint density at radius 3 is 2.80 bits per heavy atom. The van der Waals surface area contributed by atoms with Crippen LogP contribution in [0.5, 0.6) is 0 Å². The number of carbonyl (C=O) groups excluding carboxylic acids is 1. The van der Waals surface area contributed by atoms with E-state index >= 15 is 0 Å². The van der Waals surface area contributed by atoms with E-state index in [0.29, 0.717) is 5.56 Å². The first kappa shape index (κ1) is 13.9. The molecule has 0 aliphatic carbocycles. The van der Waals surface area contributed by atoms with Gasteiger partial charge in [-0.15, -0.1) is 11.3 Å². The van der Waals surface area contributed by atoms with Crippen LogP contribution < -0.4 is 11.1 Å². The number of hydrogen-bond acceptors (Lipinski definition) is 5. The van der Waals surface area contributed by atoms with Crippen LogP contribution in [-0.4, -0.2) is 10.8 Å². The highest BCUT2D eigenvalue weighted by atomic mass is 32.1. The van der Waals surface area contributed by atoms with Gasteiger partial charge in [-0.2, -0.15) is 0 Å². The fourth-order valence-electron chi connectivity index (χ4n) is 1.59. The summed E-state index contributed by atoms with van der Waals surface area (Å²) in [7, 11) is 0. The number of nitro benzene ring substituents is 1. The molecular formula is C12H10FN3O3S. The number of primary amides is 1. The van der Waals surface area contributed by atoms with E-state index in [1.807, 2.05) is 0 Å². The Kier molecular flexibility index (Phi) is 3.94. The lowest BCUT2D eigenvalue weighted by molar-refractivity contribution is -0.384. The Labute approximate surface area is 117 Å². The number of carbonyl (C=O) groups is 1. The standard InChI is InChI=1S/C12H10FN3O3S/c13-8-1-2-11(16(18)19)10(4-8)15-5-9-3-7(6-20-9)12(14)17/h1-4,6,15H,5H2,(H2,14,17). The van der Waals surface area contributed by atoms with Crippen molar-refractivity contribution in [3.63, 3.8) is 0 Å². The van der Waals surface area contributed by atoms with Gasteiger partial charge in [-0.1, -0.05) is 0 Å². The first-order valence-electron chi connectivity index (χ1n) is 5.52. The van der Waals surface area contributed by atoms with E-state index in [-0.39, 0.29) is 17.9 Å². The van der Waals surface area contributed by atoms with Crippen molar-refractivity contribution in [2.24, 2.45) is 5.73 Å². The van der Waals surface area contributed by atoms with E-state index in [2.05, 4.69) is 5.32 Å². The van der Waals surface area contributed by atoms with Crippen molar-refractivity contribution < 1.29 is 14.1 Å². The number of anilines is 1. The van der Waals surface area contributed by atoms with E-state index in [9.17, 15) is 19.3 Å². The second-order valence-electron chi connectivity index (χ2n) is 3.94. The van der Waals surface area contributed by atoms with Crippen LogP contribution in [0, 0.1) is 15.9 Å². The summed E-state index contributed by atoms with van der Waals surface area (Å²) in [6, 6.07) is 4.77. The molecule has 104 valence electrons. The van der Waals surface area contributed by atoms with Gasteiger partial charge in [0.05, 0.1) is 10.5 Å². The first-order chi connectivity index (χ1) is 9.47. The number of amides is 1. The third-order valence-electron chi connectivity index (χ3n) is 2.55. The third kappa shape index (κ3) is 3.09. The van der Waals surface area contributed by atoms with Gasteiger partial charge in [0.15, 0.2) is 0 Å². The first-order valence-corrected chi connectivity index (χ1v) is 6.40. The number of nitrogens with one attached hydrogen (secondary N) is 1. The number of nitro groups is 1. The molecule has 2 aromatic rings. The lowest BCUT2D eigenvalue weighted by atomic mass is 10.2. The van der Waals surface area contributed by atoms with Crippen LogP contribution >= 0.6 is 11.3 Å². The van der Waals surface area contributed by atoms with E-state index < -0.39 is 16.6 Å². The Bertz CT molecular complexity index is 672. The monoisotopic (exact) mass is 295 g/mol. The van der Waals surface area contributed by atoms with Gasteiger partial charge in [0.1, 0.15) is 11.5 Å². The molecule has 0 aliphatic heterocycles. The maximum absolute atomic E-state index is 13.1. The lowest BCUT2D eigenvalue weighted by Crippen LogP contribution is -2.09. The van der Waals surface area contributed by atoms with E-state index in [1.54, 1.807) is 11.4 Å². The van der Waals surface area contributed by atoms with E-state index in [0.717, 1.165) is 23.1 Å². The fraction of sp³-hybridized carbons (Fsp3) is 0.0833. The molecule has 0 aliphatic rings. The Morgan fingerprint density at radius 2 is 2.20 bits per heavy atom. The Morgan fingerprint density at radius 1 is 1.45 bits per heavy atom. The SMILES string of the molecule is NC(=O)c1csc(CNc2cc(F)ccc2[N+](=O)[O-])c1. The minimum absolute atomic E-state index is 0.0871. The molecule has 0 saturated heterocycles. The Hall–Kier alpha value is -2.48. The second-order valence-corrected chi connectivity index (χ2v) is 4.93. The van der Waals surface area contributed by atoms with Gasteiger partial charge < -0.3 is 11.1 Å². The predicted octanol–water partition coefficient (Wildman–Crippen LogP) is 2.51. The number of rotatable bonds is 5. The van der Waals surface area contributed by atoms with Crippen molar-refractivity contribution in [1.29, 1.82) is 0 Å². The van der Waals surface area contributed by atoms with Gasteiger partial charge in [-0.05, 0) is 12.1 Å². The molecule has 0 radical (unpaired) electrons. The van der Waals surface area contributed by atoms with Crippen LogP contribution in [0.4, 0.5) is 15.8 Å². The largest absolute Gasteiger partial charge is 0.375 e. The molecular weight excluding hydrogens is 285 g/mol. The van der Waals surface area contributed by atoms with Crippen LogP contribution in [0.3, 0.4) is 0 Å². The number of nitrogens with zero attached hydrogens (tertiary/aromatic N) is 1. The summed E-state index contributed by atoms with van der Waals surface area (Å²) in [6.07, 6.45) is 0. The molecule has 1 amide bonds. The zero-order chi connectivity index (χ0) is 14.7. The third-order valence-corrected chi connectivity index (χ3v) is 3.48. The molecule has 3 N–H and O–H groups in total. The molecule has 2 rings (SSSR count). The summed E-state index contributed by atoms with van der Waals surface area (Å²) >= 11 is 1.29. The zero-order valence-electron chi connectivity index (χ0n) is 10.1. The van der Waals surface area contributed by atoms with Crippen LogP contribution in [0.15, 0.2) is 29.6 Å². The number of halogens is 1. The van der Waals surface area contributed by atoms with Gasteiger partial charge in [-0.25, -0.2) is 4.39 Å². The minimum atomic E-state index is -0.592. The molecule has 0 atom stereocenters. The molecule has 0 spiro atoms. The Balaban J connectivity index is 2.15. The summed E-state index contributed by atoms with van der Waals surface area (Å²) in [5.41, 5.74) is 5.38. The number of benzene rings is 1. The normalized spacial score (nSPS) is 10.2. The van der Waals surface area contributed by atoms with Gasteiger partial charge in [0.25, 0.3) is 5.69 Å². The van der Waals surface area contributed by atoms with Crippen molar-refractivity contribution in [3.8, 4) is 0 Å². The summed E-state index contributed by atoms with van der Waals surface area (Å²) in [5.74, 6) is -1.11. The average molecular weight is 295 g/mol. The molecule has 0 saturated carbocycles. The van der Waals surface area contributed by atoms with Crippen LogP contribution in [0.25, 0.3) is 0 Å². The molecule has 0 bridgehead atoms. The quantitative estimate of drug-likeness (QED) is 0.654. The topological polar surface area (TPSA) is 98.3 Å². The molecule has 20 heavy (non-hydrogen) atoms. The van der Waals surface area contributed by atoms with Crippen LogP contribution in [-0.2, 0) is 6.54 Å². The van der Waals surface area contributed by atoms with Gasteiger partial charge in [-0.3, -0.25) is 14.9 Å². The van der Waals surface area contributed by atoms with Crippen molar-refractivity contribution in [2.45, 2.75) is 6.54 Å². The molecule has 0 unspecified atom stereocenters. The van der Waals surface area contributed by atoms with Crippen molar-refractivity contribution >= 4 is 28.6 Å². The highest BCUT2D eigenvalue weighted by Gasteiger charge is 2.14. The molecule has 0 fully saturated rings. The molecule has 6 nitrogen and oxygen atoms in total. The highest BCUT2D eigenvalue weighted by molar-refractivity contribution is 7.10. The van der Waals surface area contributed by atoms with Crippen LogP contribution in [0.2, 0.25) is 0 Å². The smallest absolute Gasteiger partial charge is 0.292 e. The van der Waals surface area contributed by atoms with Gasteiger partial charge in [0, 0.05) is 28.9 Å². The van der Waals surface area contributed by atoms with E-state index in [1.165, 1.54) is 11.3 Å². The van der Waals surface area contributed by atoms with Crippen LogP contribution in [0.1, 0.15) is 15.2 Å². The average Bonchev–Trinajstić information content (AvgIpc) is 2.85. The number of hydrogen-bond donors (Lipinski definition) is 2. The molecule has 1 heterocycles. The predicted molar refractivity (Wildman–Crippen MR) is 73.2 cm³/mol. The lowest BCUT2D eigenvalue weighted by Gasteiger charge is -2.05. The fourth-order valence-corrected chi connectivity index (χ4v) is 2.41.